The van der Waals surface area contributed by atoms with E-state index in [1.165, 1.54) is 6.20 Å². The number of nitrogens with one attached hydrogen (secondary N) is 1. The molecule has 0 saturated carbocycles. The Bertz CT molecular complexity index is 426. The van der Waals surface area contributed by atoms with E-state index >= 15 is 0 Å². The van der Waals surface area contributed by atoms with Gasteiger partial charge in [0.25, 0.3) is 5.91 Å². The smallest absolute Gasteiger partial charge is 0.257 e. The second kappa shape index (κ2) is 3.96. The lowest BCUT2D eigenvalue weighted by atomic mass is 10.2. The molecule has 0 spiro atoms. The summed E-state index contributed by atoms with van der Waals surface area (Å²) in [7, 11) is 1.75. The highest BCUT2D eigenvalue weighted by Gasteiger charge is 2.30. The van der Waals surface area contributed by atoms with Crippen molar-refractivity contribution in [3.8, 4) is 0 Å². The van der Waals surface area contributed by atoms with Gasteiger partial charge in [0.2, 0.25) is 5.91 Å². The Kier molecular flexibility index (Phi) is 2.64. The minimum Gasteiger partial charge on any atom is -0.353 e. The van der Waals surface area contributed by atoms with Gasteiger partial charge in [-0.05, 0) is 6.92 Å². The van der Waals surface area contributed by atoms with E-state index in [0.29, 0.717) is 18.7 Å². The lowest BCUT2D eigenvalue weighted by Gasteiger charge is -2.32. The van der Waals surface area contributed by atoms with Gasteiger partial charge < -0.3 is 10.2 Å². The fourth-order valence-electron chi connectivity index (χ4n) is 1.76. The number of nitrogens with zero attached hydrogens (tertiary/aromatic N) is 3. The molecule has 0 bridgehead atoms. The molecule has 1 aliphatic rings. The van der Waals surface area contributed by atoms with Gasteiger partial charge in [-0.3, -0.25) is 14.3 Å². The first-order chi connectivity index (χ1) is 7.59. The van der Waals surface area contributed by atoms with Crippen LogP contribution in [0.1, 0.15) is 17.3 Å². The van der Waals surface area contributed by atoms with Crippen molar-refractivity contribution in [1.29, 1.82) is 0 Å². The molecule has 1 unspecified atom stereocenters. The van der Waals surface area contributed by atoms with Crippen LogP contribution in [0, 0.1) is 0 Å². The average molecular weight is 222 g/mol. The molecule has 1 atom stereocenters. The Morgan fingerprint density at radius 2 is 2.38 bits per heavy atom. The topological polar surface area (TPSA) is 67.2 Å². The molecular formula is C10H14N4O2. The molecule has 86 valence electrons. The van der Waals surface area contributed by atoms with Crippen LogP contribution >= 0.6 is 0 Å². The first-order valence-corrected chi connectivity index (χ1v) is 5.17. The van der Waals surface area contributed by atoms with Gasteiger partial charge in [0.15, 0.2) is 0 Å². The van der Waals surface area contributed by atoms with Crippen LogP contribution in [-0.2, 0) is 11.8 Å². The molecule has 0 radical (unpaired) electrons. The fourth-order valence-corrected chi connectivity index (χ4v) is 1.76. The van der Waals surface area contributed by atoms with E-state index in [2.05, 4.69) is 10.4 Å². The molecule has 1 aromatic rings. The summed E-state index contributed by atoms with van der Waals surface area (Å²) < 4.78 is 1.57. The Labute approximate surface area is 93.2 Å². The maximum atomic E-state index is 12.1. The van der Waals surface area contributed by atoms with Crippen LogP contribution < -0.4 is 5.32 Å². The van der Waals surface area contributed by atoms with Gasteiger partial charge in [0.1, 0.15) is 6.04 Å². The number of rotatable bonds is 1. The van der Waals surface area contributed by atoms with E-state index < -0.39 is 6.04 Å². The van der Waals surface area contributed by atoms with E-state index in [1.54, 1.807) is 29.7 Å². The van der Waals surface area contributed by atoms with Crippen LogP contribution in [0.25, 0.3) is 0 Å². The van der Waals surface area contributed by atoms with Gasteiger partial charge in [-0.25, -0.2) is 0 Å². The Balaban J connectivity index is 2.18. The minimum atomic E-state index is -0.415. The lowest BCUT2D eigenvalue weighted by molar-refractivity contribution is -0.127. The van der Waals surface area contributed by atoms with Crippen molar-refractivity contribution in [1.82, 2.24) is 20.0 Å². The second-order valence-electron chi connectivity index (χ2n) is 3.87. The number of hydrogen-bond acceptors (Lipinski definition) is 3. The SMILES string of the molecule is CC1C(=O)NCCN1C(=O)c1cnn(C)c1. The summed E-state index contributed by atoms with van der Waals surface area (Å²) in [6, 6.07) is -0.415. The molecule has 2 rings (SSSR count). The van der Waals surface area contributed by atoms with Crippen molar-refractivity contribution in [3.63, 3.8) is 0 Å². The number of piperazine rings is 1. The third-order valence-electron chi connectivity index (χ3n) is 2.71. The van der Waals surface area contributed by atoms with Gasteiger partial charge >= 0.3 is 0 Å². The predicted molar refractivity (Wildman–Crippen MR) is 56.7 cm³/mol. The van der Waals surface area contributed by atoms with E-state index in [4.69, 9.17) is 0 Å². The summed E-state index contributed by atoms with van der Waals surface area (Å²) in [5.74, 6) is -0.251. The number of amides is 2. The van der Waals surface area contributed by atoms with E-state index in [1.807, 2.05) is 0 Å². The molecule has 6 heteroatoms. The molecular weight excluding hydrogens is 208 g/mol. The first kappa shape index (κ1) is 10.7. The van der Waals surface area contributed by atoms with Crippen LogP contribution in [-0.4, -0.2) is 45.6 Å². The maximum absolute atomic E-state index is 12.1. The quantitative estimate of drug-likeness (QED) is 0.688. The zero-order valence-corrected chi connectivity index (χ0v) is 9.30. The molecule has 0 aromatic carbocycles. The average Bonchev–Trinajstić information content (AvgIpc) is 2.68. The molecule has 1 fully saturated rings. The molecule has 1 aromatic heterocycles. The molecule has 1 N–H and O–H groups in total. The predicted octanol–water partition coefficient (Wildman–Crippen LogP) is -0.619. The van der Waals surface area contributed by atoms with Crippen LogP contribution in [0.4, 0.5) is 0 Å². The summed E-state index contributed by atoms with van der Waals surface area (Å²) in [6.07, 6.45) is 3.17. The molecule has 0 aliphatic carbocycles. The van der Waals surface area contributed by atoms with Crippen LogP contribution in [0.5, 0.6) is 0 Å². The fraction of sp³-hybridized carbons (Fsp3) is 0.500. The van der Waals surface area contributed by atoms with Crippen molar-refractivity contribution in [3.05, 3.63) is 18.0 Å². The molecule has 2 amide bonds. The molecule has 1 saturated heterocycles. The molecule has 1 aliphatic heterocycles. The number of aryl methyl sites for hydroxylation is 1. The summed E-state index contributed by atoms with van der Waals surface area (Å²) >= 11 is 0. The summed E-state index contributed by atoms with van der Waals surface area (Å²) in [4.78, 5) is 25.0. The van der Waals surface area contributed by atoms with Crippen molar-refractivity contribution in [2.75, 3.05) is 13.1 Å². The van der Waals surface area contributed by atoms with E-state index in [0.717, 1.165) is 0 Å². The summed E-state index contributed by atoms with van der Waals surface area (Å²) in [6.45, 7) is 2.78. The van der Waals surface area contributed by atoms with Crippen LogP contribution in [0.15, 0.2) is 12.4 Å². The number of aromatic nitrogens is 2. The normalized spacial score (nSPS) is 20.8. The Hall–Kier alpha value is -1.85. The summed E-state index contributed by atoms with van der Waals surface area (Å²) in [5.41, 5.74) is 0.518. The summed E-state index contributed by atoms with van der Waals surface area (Å²) in [5, 5.41) is 6.66. The Morgan fingerprint density at radius 1 is 1.62 bits per heavy atom. The standard InChI is InChI=1S/C10H14N4O2/c1-7-9(15)11-3-4-14(7)10(16)8-5-12-13(2)6-8/h5-7H,3-4H2,1-2H3,(H,11,15). The lowest BCUT2D eigenvalue weighted by Crippen LogP contribution is -2.55. The Morgan fingerprint density at radius 3 is 3.00 bits per heavy atom. The molecule has 2 heterocycles. The van der Waals surface area contributed by atoms with Crippen molar-refractivity contribution in [2.45, 2.75) is 13.0 Å². The minimum absolute atomic E-state index is 0.108. The monoisotopic (exact) mass is 222 g/mol. The van der Waals surface area contributed by atoms with Crippen molar-refractivity contribution >= 4 is 11.8 Å². The van der Waals surface area contributed by atoms with Gasteiger partial charge in [-0.2, -0.15) is 5.10 Å². The highest BCUT2D eigenvalue weighted by molar-refractivity contribution is 5.97. The largest absolute Gasteiger partial charge is 0.353 e. The van der Waals surface area contributed by atoms with Gasteiger partial charge in [0, 0.05) is 26.3 Å². The zero-order chi connectivity index (χ0) is 11.7. The first-order valence-electron chi connectivity index (χ1n) is 5.17. The maximum Gasteiger partial charge on any atom is 0.257 e. The second-order valence-corrected chi connectivity index (χ2v) is 3.87. The third-order valence-corrected chi connectivity index (χ3v) is 2.71. The van der Waals surface area contributed by atoms with Crippen molar-refractivity contribution in [2.24, 2.45) is 7.05 Å². The van der Waals surface area contributed by atoms with Gasteiger partial charge in [-0.1, -0.05) is 0 Å². The van der Waals surface area contributed by atoms with Crippen LogP contribution in [0.2, 0.25) is 0 Å². The van der Waals surface area contributed by atoms with E-state index in [-0.39, 0.29) is 11.8 Å². The van der Waals surface area contributed by atoms with Crippen LogP contribution in [0.3, 0.4) is 0 Å². The van der Waals surface area contributed by atoms with Crippen molar-refractivity contribution < 1.29 is 9.59 Å². The number of carbonyl (C=O) groups is 2. The third kappa shape index (κ3) is 1.78. The molecule has 6 nitrogen and oxygen atoms in total. The highest BCUT2D eigenvalue weighted by Crippen LogP contribution is 2.10. The highest BCUT2D eigenvalue weighted by atomic mass is 16.2. The zero-order valence-electron chi connectivity index (χ0n) is 9.30. The molecule has 16 heavy (non-hydrogen) atoms. The van der Waals surface area contributed by atoms with Gasteiger partial charge in [0.05, 0.1) is 11.8 Å². The number of carbonyl (C=O) groups excluding carboxylic acids is 2. The van der Waals surface area contributed by atoms with E-state index in [9.17, 15) is 9.59 Å². The number of hydrogen-bond donors (Lipinski definition) is 1. The van der Waals surface area contributed by atoms with Gasteiger partial charge in [-0.15, -0.1) is 0 Å².